The van der Waals surface area contributed by atoms with Crippen molar-refractivity contribution in [2.45, 2.75) is 62.7 Å². The molecule has 9 heteroatoms. The van der Waals surface area contributed by atoms with Gasteiger partial charge in [0.2, 0.25) is 5.36 Å². The highest BCUT2D eigenvalue weighted by atomic mass is 35.5. The lowest BCUT2D eigenvalue weighted by Crippen LogP contribution is -2.45. The quantitative estimate of drug-likeness (QED) is 0.148. The van der Waals surface area contributed by atoms with Crippen LogP contribution in [0.15, 0.2) is 17.0 Å². The summed E-state index contributed by atoms with van der Waals surface area (Å²) in [5.74, 6) is 0.548. The van der Waals surface area contributed by atoms with Gasteiger partial charge < -0.3 is 14.7 Å². The zero-order chi connectivity index (χ0) is 29.6. The summed E-state index contributed by atoms with van der Waals surface area (Å²) in [5, 5.41) is 13.4. The molecule has 0 saturated heterocycles. The Morgan fingerprint density at radius 2 is 1.63 bits per heavy atom. The van der Waals surface area contributed by atoms with Gasteiger partial charge in [-0.05, 0) is 68.9 Å². The normalized spacial score (nSPS) is 18.3. The highest BCUT2D eigenvalue weighted by molar-refractivity contribution is 7.98. The van der Waals surface area contributed by atoms with Gasteiger partial charge in [0.25, 0.3) is 0 Å². The lowest BCUT2D eigenvalue weighted by atomic mass is 9.82. The molecule has 5 heterocycles. The standard InChI is InChI=1S/C34H31Cl3N2O3S/c1-43-33-27(36)24(25(34(40)41)26(35)28(33)37)23-21-15-17-7-2-3-11-38-13-5-9-19(29(17)38)31(21)42-32-20-10-6-14-39-12-4-8-18(30(20)39)16-22(23)32/h15-16H,2-14H2,1H3/p+1. The zero-order valence-electron chi connectivity index (χ0n) is 24.0. The molecule has 0 saturated carbocycles. The first-order valence-corrected chi connectivity index (χ1v) is 17.7. The summed E-state index contributed by atoms with van der Waals surface area (Å²) < 4.78 is 9.65. The molecule has 5 aliphatic rings. The summed E-state index contributed by atoms with van der Waals surface area (Å²) in [7, 11) is 0. The number of carboxylic acid groups (broad SMARTS) is 1. The van der Waals surface area contributed by atoms with Gasteiger partial charge in [-0.1, -0.05) is 34.8 Å². The minimum Gasteiger partial charge on any atom is -0.478 e. The SMILES string of the molecule is CSc1c(Cl)c(Cl)c(C(=O)O)c(C2=c3cc4c5c(c3Oc3c2cc2c6c3CCCN6CCCC2)CCC[N+]=5CCC4)c1Cl. The molecule has 0 atom stereocenters. The van der Waals surface area contributed by atoms with E-state index in [9.17, 15) is 9.90 Å². The van der Waals surface area contributed by atoms with Crippen LogP contribution in [0.5, 0.6) is 11.5 Å². The van der Waals surface area contributed by atoms with E-state index in [1.165, 1.54) is 45.1 Å². The molecular weight excluding hydrogens is 623 g/mol. The Morgan fingerprint density at radius 3 is 2.42 bits per heavy atom. The van der Waals surface area contributed by atoms with Crippen LogP contribution < -0.4 is 24.8 Å². The first-order chi connectivity index (χ1) is 20.9. The molecular formula is C34H32Cl3N2O3S+. The summed E-state index contributed by atoms with van der Waals surface area (Å²) in [4.78, 5) is 16.1. The highest BCUT2D eigenvalue weighted by Gasteiger charge is 2.38. The van der Waals surface area contributed by atoms with Crippen LogP contribution in [0.4, 0.5) is 5.69 Å². The lowest BCUT2D eigenvalue weighted by molar-refractivity contribution is 0.0696. The van der Waals surface area contributed by atoms with Crippen molar-refractivity contribution in [3.05, 3.63) is 76.7 Å². The molecule has 5 nitrogen and oxygen atoms in total. The summed E-state index contributed by atoms with van der Waals surface area (Å²) in [6.45, 7) is 4.22. The number of carboxylic acids is 1. The van der Waals surface area contributed by atoms with Crippen molar-refractivity contribution in [3.63, 3.8) is 0 Å². The Balaban J connectivity index is 1.59. The smallest absolute Gasteiger partial charge is 0.337 e. The second kappa shape index (κ2) is 10.6. The first-order valence-electron chi connectivity index (χ1n) is 15.3. The Kier molecular flexibility index (Phi) is 6.94. The molecule has 0 bridgehead atoms. The van der Waals surface area contributed by atoms with Crippen LogP contribution in [0.3, 0.4) is 0 Å². The van der Waals surface area contributed by atoms with E-state index in [1.807, 2.05) is 6.26 Å². The number of ether oxygens (including phenoxy) is 1. The molecule has 0 aromatic heterocycles. The van der Waals surface area contributed by atoms with Crippen molar-refractivity contribution in [3.8, 4) is 11.5 Å². The molecule has 0 amide bonds. The van der Waals surface area contributed by atoms with Crippen molar-refractivity contribution in [1.29, 1.82) is 0 Å². The number of hydrogen-bond donors (Lipinski definition) is 1. The van der Waals surface area contributed by atoms with Gasteiger partial charge in [0.05, 0.1) is 26.2 Å². The summed E-state index contributed by atoms with van der Waals surface area (Å²) in [6.07, 6.45) is 11.2. The Hall–Kier alpha value is -2.38. The van der Waals surface area contributed by atoms with Crippen LogP contribution in [0, 0.1) is 0 Å². The van der Waals surface area contributed by atoms with E-state index in [4.69, 9.17) is 39.5 Å². The minimum absolute atomic E-state index is 0.0211. The zero-order valence-corrected chi connectivity index (χ0v) is 27.1. The van der Waals surface area contributed by atoms with Crippen LogP contribution >= 0.6 is 46.6 Å². The second-order valence-corrected chi connectivity index (χ2v) is 14.2. The van der Waals surface area contributed by atoms with Gasteiger partial charge in [0.15, 0.2) is 0 Å². The van der Waals surface area contributed by atoms with Crippen LogP contribution in [-0.4, -0.2) is 43.5 Å². The average molecular weight is 655 g/mol. The van der Waals surface area contributed by atoms with Crippen molar-refractivity contribution < 1.29 is 14.6 Å². The number of rotatable bonds is 3. The lowest BCUT2D eigenvalue weighted by Gasteiger charge is -2.36. The number of aromatic carboxylic acids is 1. The van der Waals surface area contributed by atoms with E-state index in [2.05, 4.69) is 21.6 Å². The number of thioether (sulfide) groups is 1. The predicted molar refractivity (Wildman–Crippen MR) is 175 cm³/mol. The van der Waals surface area contributed by atoms with Crippen molar-refractivity contribution in [2.75, 3.05) is 37.3 Å². The molecule has 5 aliphatic heterocycles. The third-order valence-corrected chi connectivity index (χ3v) is 12.2. The molecule has 43 heavy (non-hydrogen) atoms. The van der Waals surface area contributed by atoms with E-state index < -0.39 is 5.97 Å². The van der Waals surface area contributed by atoms with Crippen LogP contribution in [0.1, 0.15) is 75.8 Å². The summed E-state index contributed by atoms with van der Waals surface area (Å²) in [5.41, 5.74) is 8.48. The maximum absolute atomic E-state index is 13.0. The molecule has 0 fully saturated rings. The van der Waals surface area contributed by atoms with E-state index in [1.54, 1.807) is 0 Å². The molecule has 3 aromatic carbocycles. The van der Waals surface area contributed by atoms with Gasteiger partial charge in [-0.25, -0.2) is 9.37 Å². The fraction of sp³-hybridized carbons (Fsp3) is 0.412. The largest absolute Gasteiger partial charge is 0.478 e. The second-order valence-electron chi connectivity index (χ2n) is 12.2. The third kappa shape index (κ3) is 4.12. The highest BCUT2D eigenvalue weighted by Crippen LogP contribution is 2.52. The van der Waals surface area contributed by atoms with E-state index >= 15 is 0 Å². The molecule has 0 radical (unpaired) electrons. The van der Waals surface area contributed by atoms with Gasteiger partial charge in [-0.2, -0.15) is 0 Å². The van der Waals surface area contributed by atoms with Gasteiger partial charge >= 0.3 is 5.97 Å². The molecule has 0 unspecified atom stereocenters. The summed E-state index contributed by atoms with van der Waals surface area (Å²) >= 11 is 22.1. The number of nitrogens with zero attached hydrogens (tertiary/aromatic N) is 2. The maximum atomic E-state index is 13.0. The molecule has 0 spiro atoms. The number of benzene rings is 3. The van der Waals surface area contributed by atoms with Gasteiger partial charge in [0, 0.05) is 69.6 Å². The van der Waals surface area contributed by atoms with Crippen molar-refractivity contribution in [2.24, 2.45) is 0 Å². The molecule has 8 rings (SSSR count). The Morgan fingerprint density at radius 1 is 0.884 bits per heavy atom. The fourth-order valence-electron chi connectivity index (χ4n) is 8.19. The number of fused-ring (bicyclic) bond motifs is 4. The monoisotopic (exact) mass is 653 g/mol. The number of aryl methyl sites for hydroxylation is 2. The van der Waals surface area contributed by atoms with Crippen LogP contribution in [0.25, 0.3) is 5.57 Å². The van der Waals surface area contributed by atoms with E-state index in [0.717, 1.165) is 112 Å². The van der Waals surface area contributed by atoms with Crippen molar-refractivity contribution in [1.82, 2.24) is 4.58 Å². The molecule has 1 N–H and O–H groups in total. The Bertz CT molecular complexity index is 1900. The number of halogens is 3. The number of carbonyl (C=O) groups is 1. The van der Waals surface area contributed by atoms with E-state index in [0.29, 0.717) is 15.5 Å². The topological polar surface area (TPSA) is 52.8 Å². The molecule has 3 aromatic rings. The number of anilines is 1. The van der Waals surface area contributed by atoms with Crippen LogP contribution in [0.2, 0.25) is 15.1 Å². The predicted octanol–water partition coefficient (Wildman–Crippen LogP) is 6.89. The van der Waals surface area contributed by atoms with E-state index in [-0.39, 0.29) is 15.6 Å². The van der Waals surface area contributed by atoms with Crippen LogP contribution in [-0.2, 0) is 25.7 Å². The van der Waals surface area contributed by atoms with Gasteiger partial charge in [-0.15, -0.1) is 11.8 Å². The number of hydrogen-bond acceptors (Lipinski definition) is 4. The molecule has 0 aliphatic carbocycles. The minimum atomic E-state index is -1.15. The maximum Gasteiger partial charge on any atom is 0.337 e. The van der Waals surface area contributed by atoms with Gasteiger partial charge in [0.1, 0.15) is 24.6 Å². The third-order valence-electron chi connectivity index (χ3n) is 9.89. The Labute approximate surface area is 270 Å². The summed E-state index contributed by atoms with van der Waals surface area (Å²) in [6, 6.07) is 4.51. The van der Waals surface area contributed by atoms with Gasteiger partial charge in [-0.3, -0.25) is 0 Å². The first kappa shape index (κ1) is 28.1. The molecule has 222 valence electrons. The average Bonchev–Trinajstić information content (AvgIpc) is 3.22. The van der Waals surface area contributed by atoms with Crippen molar-refractivity contribution >= 4 is 63.8 Å². The fourth-order valence-corrected chi connectivity index (χ4v) is 10.1.